The number of esters is 1. The van der Waals surface area contributed by atoms with Crippen LogP contribution in [0.1, 0.15) is 25.0 Å². The number of nitrogens with two attached hydrogens (primary N) is 1. The smallest absolute Gasteiger partial charge is 0.302 e. The van der Waals surface area contributed by atoms with Crippen LogP contribution in [0.25, 0.3) is 11.1 Å². The van der Waals surface area contributed by atoms with Gasteiger partial charge in [0.1, 0.15) is 5.75 Å². The summed E-state index contributed by atoms with van der Waals surface area (Å²) >= 11 is 0. The second kappa shape index (κ2) is 8.98. The number of halogens is 2. The van der Waals surface area contributed by atoms with Gasteiger partial charge in [-0.3, -0.25) is 4.79 Å². The summed E-state index contributed by atoms with van der Waals surface area (Å²) in [6.07, 6.45) is 0. The lowest BCUT2D eigenvalue weighted by Crippen LogP contribution is -2.02. The topological polar surface area (TPSA) is 72.5 Å². The molecular formula is C18H21F2NO3. The van der Waals surface area contributed by atoms with Crippen LogP contribution >= 0.6 is 0 Å². The average molecular weight is 337 g/mol. The number of carbonyl (C=O) groups excluding carboxylic acids is 1. The number of ether oxygens (including phenoxy) is 1. The summed E-state index contributed by atoms with van der Waals surface area (Å²) in [5, 5.41) is 9.82. The molecule has 0 amide bonds. The van der Waals surface area contributed by atoms with Gasteiger partial charge in [0.25, 0.3) is 0 Å². The first-order valence-electron chi connectivity index (χ1n) is 7.42. The fraction of sp³-hybridized carbons (Fsp3) is 0.278. The van der Waals surface area contributed by atoms with Crippen molar-refractivity contribution in [3.8, 4) is 16.9 Å². The minimum Gasteiger partial charge on any atom is -0.507 e. The van der Waals surface area contributed by atoms with Crippen LogP contribution in [-0.2, 0) is 16.1 Å². The molecule has 0 aliphatic heterocycles. The summed E-state index contributed by atoms with van der Waals surface area (Å²) in [6.45, 7) is 5.35. The molecule has 4 nitrogen and oxygen atoms in total. The first kappa shape index (κ1) is 19.6. The number of aromatic hydroxyl groups is 1. The molecule has 0 radical (unpaired) electrons. The maximum atomic E-state index is 13.5. The van der Waals surface area contributed by atoms with Crippen LogP contribution in [0.4, 0.5) is 8.78 Å². The molecule has 0 atom stereocenters. The Morgan fingerprint density at radius 1 is 1.29 bits per heavy atom. The Balaban J connectivity index is 0.000000413. The zero-order valence-electron chi connectivity index (χ0n) is 13.9. The molecule has 0 spiro atoms. The van der Waals surface area contributed by atoms with Crippen molar-refractivity contribution in [3.05, 3.63) is 53.1 Å². The van der Waals surface area contributed by atoms with Crippen molar-refractivity contribution >= 4 is 5.97 Å². The van der Waals surface area contributed by atoms with E-state index in [-0.39, 0.29) is 23.8 Å². The predicted molar refractivity (Wildman–Crippen MR) is 88.4 cm³/mol. The molecule has 2 rings (SSSR count). The van der Waals surface area contributed by atoms with Crippen molar-refractivity contribution in [1.29, 1.82) is 0 Å². The molecule has 6 heteroatoms. The van der Waals surface area contributed by atoms with Gasteiger partial charge in [-0.15, -0.1) is 0 Å². The minimum absolute atomic E-state index is 0.0315. The van der Waals surface area contributed by atoms with E-state index in [1.54, 1.807) is 26.0 Å². The Morgan fingerprint density at radius 3 is 2.42 bits per heavy atom. The number of benzene rings is 2. The quantitative estimate of drug-likeness (QED) is 0.838. The monoisotopic (exact) mass is 337 g/mol. The Labute approximate surface area is 139 Å². The van der Waals surface area contributed by atoms with Gasteiger partial charge in [-0.05, 0) is 43.2 Å². The van der Waals surface area contributed by atoms with E-state index in [1.165, 1.54) is 19.1 Å². The molecule has 2 aromatic carbocycles. The normalized spacial score (nSPS) is 9.92. The highest BCUT2D eigenvalue weighted by molar-refractivity contribution is 5.74. The summed E-state index contributed by atoms with van der Waals surface area (Å²) in [5.41, 5.74) is 7.16. The summed E-state index contributed by atoms with van der Waals surface area (Å²) in [4.78, 5) is 9.82. The van der Waals surface area contributed by atoms with Gasteiger partial charge in [0.2, 0.25) is 0 Å². The lowest BCUT2D eigenvalue weighted by atomic mass is 9.97. The second-order valence-corrected chi connectivity index (χ2v) is 5.03. The Bertz CT molecular complexity index is 697. The zero-order valence-corrected chi connectivity index (χ0v) is 13.9. The molecule has 2 aromatic rings. The highest BCUT2D eigenvalue weighted by atomic mass is 19.2. The number of aryl methyl sites for hydroxylation is 1. The third-order valence-electron chi connectivity index (χ3n) is 3.21. The zero-order chi connectivity index (χ0) is 18.3. The van der Waals surface area contributed by atoms with Gasteiger partial charge in [-0.25, -0.2) is 8.78 Å². The number of rotatable bonds is 3. The molecule has 130 valence electrons. The Morgan fingerprint density at radius 2 is 1.96 bits per heavy atom. The highest BCUT2D eigenvalue weighted by Gasteiger charge is 2.14. The number of carbonyl (C=O) groups is 1. The van der Waals surface area contributed by atoms with Gasteiger partial charge in [-0.2, -0.15) is 0 Å². The molecule has 3 N–H and O–H groups in total. The van der Waals surface area contributed by atoms with E-state index in [1.807, 2.05) is 0 Å². The van der Waals surface area contributed by atoms with Gasteiger partial charge in [-0.1, -0.05) is 12.1 Å². The van der Waals surface area contributed by atoms with Gasteiger partial charge in [0.15, 0.2) is 11.6 Å². The molecule has 24 heavy (non-hydrogen) atoms. The van der Waals surface area contributed by atoms with Crippen LogP contribution in [0.15, 0.2) is 30.3 Å². The van der Waals surface area contributed by atoms with Crippen molar-refractivity contribution in [2.75, 3.05) is 6.61 Å². The van der Waals surface area contributed by atoms with E-state index in [2.05, 4.69) is 4.74 Å². The lowest BCUT2D eigenvalue weighted by molar-refractivity contribution is -0.140. The lowest BCUT2D eigenvalue weighted by Gasteiger charge is -2.11. The number of hydrogen-bond donors (Lipinski definition) is 2. The molecular weight excluding hydrogens is 316 g/mol. The fourth-order valence-electron chi connectivity index (χ4n) is 2.17. The molecule has 0 saturated heterocycles. The molecule has 0 unspecified atom stereocenters. The first-order chi connectivity index (χ1) is 11.3. The van der Waals surface area contributed by atoms with Crippen molar-refractivity contribution < 1.29 is 23.4 Å². The van der Waals surface area contributed by atoms with Crippen LogP contribution in [0.2, 0.25) is 0 Å². The fourth-order valence-corrected chi connectivity index (χ4v) is 2.17. The number of phenols is 1. The summed E-state index contributed by atoms with van der Waals surface area (Å²) in [6, 6.07) is 7.51. The molecule has 0 saturated carbocycles. The van der Waals surface area contributed by atoms with E-state index in [0.717, 1.165) is 11.6 Å². The van der Waals surface area contributed by atoms with Crippen LogP contribution in [0, 0.1) is 18.6 Å². The summed E-state index contributed by atoms with van der Waals surface area (Å²) in [5.74, 6) is -2.08. The third kappa shape index (κ3) is 5.03. The SMILES string of the molecule is CCOC(C)=O.Cc1cccc(O)c1-c1cc(F)c(F)c(CN)c1. The molecule has 0 fully saturated rings. The van der Waals surface area contributed by atoms with Crippen molar-refractivity contribution in [3.63, 3.8) is 0 Å². The van der Waals surface area contributed by atoms with Gasteiger partial charge >= 0.3 is 5.97 Å². The molecule has 0 heterocycles. The molecule has 0 bridgehead atoms. The Hall–Kier alpha value is -2.47. The summed E-state index contributed by atoms with van der Waals surface area (Å²) < 4.78 is 31.2. The summed E-state index contributed by atoms with van der Waals surface area (Å²) in [7, 11) is 0. The van der Waals surface area contributed by atoms with E-state index in [9.17, 15) is 18.7 Å². The average Bonchev–Trinajstić information content (AvgIpc) is 2.50. The van der Waals surface area contributed by atoms with Gasteiger partial charge in [0, 0.05) is 24.6 Å². The number of phenolic OH excluding ortho intramolecular Hbond substituents is 1. The van der Waals surface area contributed by atoms with E-state index in [0.29, 0.717) is 17.7 Å². The molecule has 0 aliphatic rings. The molecule has 0 aromatic heterocycles. The highest BCUT2D eigenvalue weighted by Crippen LogP contribution is 2.33. The van der Waals surface area contributed by atoms with Crippen LogP contribution in [-0.4, -0.2) is 17.7 Å². The maximum Gasteiger partial charge on any atom is 0.302 e. The minimum atomic E-state index is -0.962. The van der Waals surface area contributed by atoms with Gasteiger partial charge in [0.05, 0.1) is 6.61 Å². The van der Waals surface area contributed by atoms with Crippen molar-refractivity contribution in [2.24, 2.45) is 5.73 Å². The maximum absolute atomic E-state index is 13.5. The van der Waals surface area contributed by atoms with Crippen molar-refractivity contribution in [2.45, 2.75) is 27.3 Å². The van der Waals surface area contributed by atoms with E-state index in [4.69, 9.17) is 5.73 Å². The van der Waals surface area contributed by atoms with Gasteiger partial charge < -0.3 is 15.6 Å². The first-order valence-corrected chi connectivity index (χ1v) is 7.42. The van der Waals surface area contributed by atoms with E-state index >= 15 is 0 Å². The largest absolute Gasteiger partial charge is 0.507 e. The van der Waals surface area contributed by atoms with Crippen LogP contribution in [0.3, 0.4) is 0 Å². The Kier molecular flexibility index (Phi) is 7.32. The molecule has 0 aliphatic carbocycles. The second-order valence-electron chi connectivity index (χ2n) is 5.03. The van der Waals surface area contributed by atoms with E-state index < -0.39 is 11.6 Å². The third-order valence-corrected chi connectivity index (χ3v) is 3.21. The predicted octanol–water partition coefficient (Wildman–Crippen LogP) is 3.67. The number of hydrogen-bond acceptors (Lipinski definition) is 4. The van der Waals surface area contributed by atoms with Crippen LogP contribution < -0.4 is 5.73 Å². The van der Waals surface area contributed by atoms with Crippen molar-refractivity contribution in [1.82, 2.24) is 0 Å². The standard InChI is InChI=1S/C14H13F2NO.C4H8O2/c1-8-3-2-4-12(18)13(8)9-5-10(7-17)14(16)11(15)6-9;1-3-6-4(2)5/h2-6,18H,7,17H2,1H3;3H2,1-2H3. The van der Waals surface area contributed by atoms with Crippen LogP contribution in [0.5, 0.6) is 5.75 Å².